The van der Waals surface area contributed by atoms with Crippen LogP contribution in [0, 0.1) is 0 Å². The number of piperidine rings is 1. The molecule has 1 unspecified atom stereocenters. The van der Waals surface area contributed by atoms with E-state index in [4.69, 9.17) is 0 Å². The van der Waals surface area contributed by atoms with Gasteiger partial charge < -0.3 is 4.98 Å². The fraction of sp³-hybridized carbons (Fsp3) is 0.500. The van der Waals surface area contributed by atoms with Crippen LogP contribution in [-0.4, -0.2) is 23.0 Å². The summed E-state index contributed by atoms with van der Waals surface area (Å²) in [7, 11) is 0. The van der Waals surface area contributed by atoms with Crippen LogP contribution in [0.2, 0.25) is 0 Å². The quantitative estimate of drug-likeness (QED) is 0.858. The molecule has 2 heteroatoms. The van der Waals surface area contributed by atoms with E-state index < -0.39 is 0 Å². The van der Waals surface area contributed by atoms with Crippen molar-refractivity contribution in [3.8, 4) is 0 Å². The van der Waals surface area contributed by atoms with Gasteiger partial charge in [0.15, 0.2) is 0 Å². The second-order valence-corrected chi connectivity index (χ2v) is 5.37. The molecule has 0 radical (unpaired) electrons. The molecule has 0 bridgehead atoms. The number of likely N-dealkylation sites (tertiary alicyclic amines) is 1. The van der Waals surface area contributed by atoms with E-state index in [9.17, 15) is 0 Å². The van der Waals surface area contributed by atoms with Crippen LogP contribution < -0.4 is 0 Å². The van der Waals surface area contributed by atoms with Crippen molar-refractivity contribution in [2.45, 2.75) is 38.6 Å². The number of H-pyrrole nitrogens is 1. The zero-order valence-electron chi connectivity index (χ0n) is 11.2. The monoisotopic (exact) mass is 242 g/mol. The minimum atomic E-state index is 0.637. The Morgan fingerprint density at radius 1 is 1.28 bits per heavy atom. The SMILES string of the molecule is CCCN1CCCCC1c1ccc2[nH]ccc2c1. The third-order valence-electron chi connectivity index (χ3n) is 4.09. The van der Waals surface area contributed by atoms with Gasteiger partial charge in [-0.3, -0.25) is 4.90 Å². The van der Waals surface area contributed by atoms with Crippen molar-refractivity contribution in [2.24, 2.45) is 0 Å². The van der Waals surface area contributed by atoms with Gasteiger partial charge in [0.25, 0.3) is 0 Å². The summed E-state index contributed by atoms with van der Waals surface area (Å²) in [6.45, 7) is 4.78. The van der Waals surface area contributed by atoms with Crippen LogP contribution in [0.5, 0.6) is 0 Å². The number of aromatic nitrogens is 1. The average molecular weight is 242 g/mol. The van der Waals surface area contributed by atoms with Crippen LogP contribution in [-0.2, 0) is 0 Å². The standard InChI is InChI=1S/C16H22N2/c1-2-10-18-11-4-3-5-16(18)14-6-7-15-13(12-14)8-9-17-15/h6-9,12,16-17H,2-5,10-11H2,1H3. The third-order valence-corrected chi connectivity index (χ3v) is 4.09. The predicted molar refractivity (Wildman–Crippen MR) is 76.8 cm³/mol. The first-order valence-electron chi connectivity index (χ1n) is 7.19. The molecule has 1 saturated heterocycles. The van der Waals surface area contributed by atoms with E-state index in [2.05, 4.69) is 41.1 Å². The Labute approximate surface area is 109 Å². The molecule has 0 amide bonds. The van der Waals surface area contributed by atoms with Crippen molar-refractivity contribution in [3.63, 3.8) is 0 Å². The Morgan fingerprint density at radius 2 is 2.22 bits per heavy atom. The highest BCUT2D eigenvalue weighted by molar-refractivity contribution is 5.80. The first-order valence-corrected chi connectivity index (χ1v) is 7.19. The largest absolute Gasteiger partial charge is 0.361 e. The highest BCUT2D eigenvalue weighted by atomic mass is 15.2. The molecule has 1 N–H and O–H groups in total. The van der Waals surface area contributed by atoms with Gasteiger partial charge in [0.1, 0.15) is 0 Å². The molecular formula is C16H22N2. The van der Waals surface area contributed by atoms with E-state index in [1.807, 2.05) is 6.20 Å². The number of rotatable bonds is 3. The first kappa shape index (κ1) is 11.8. The molecule has 1 aromatic heterocycles. The summed E-state index contributed by atoms with van der Waals surface area (Å²) >= 11 is 0. The number of fused-ring (bicyclic) bond motifs is 1. The lowest BCUT2D eigenvalue weighted by Crippen LogP contribution is -2.33. The van der Waals surface area contributed by atoms with Gasteiger partial charge >= 0.3 is 0 Å². The molecule has 3 rings (SSSR count). The number of aromatic amines is 1. The van der Waals surface area contributed by atoms with Crippen molar-refractivity contribution in [1.29, 1.82) is 0 Å². The van der Waals surface area contributed by atoms with Gasteiger partial charge in [-0.05, 0) is 61.5 Å². The fourth-order valence-corrected chi connectivity index (χ4v) is 3.20. The summed E-state index contributed by atoms with van der Waals surface area (Å²) in [6, 6.07) is 9.70. The van der Waals surface area contributed by atoms with Crippen molar-refractivity contribution in [2.75, 3.05) is 13.1 Å². The van der Waals surface area contributed by atoms with Gasteiger partial charge in [-0.1, -0.05) is 19.4 Å². The van der Waals surface area contributed by atoms with Crippen molar-refractivity contribution in [3.05, 3.63) is 36.0 Å². The Hall–Kier alpha value is -1.28. The predicted octanol–water partition coefficient (Wildman–Crippen LogP) is 4.10. The maximum Gasteiger partial charge on any atom is 0.0454 e. The topological polar surface area (TPSA) is 19.0 Å². The lowest BCUT2D eigenvalue weighted by atomic mass is 9.94. The zero-order valence-corrected chi connectivity index (χ0v) is 11.2. The highest BCUT2D eigenvalue weighted by Crippen LogP contribution is 2.32. The van der Waals surface area contributed by atoms with Gasteiger partial charge in [-0.2, -0.15) is 0 Å². The smallest absolute Gasteiger partial charge is 0.0454 e. The summed E-state index contributed by atoms with van der Waals surface area (Å²) in [5.41, 5.74) is 2.74. The van der Waals surface area contributed by atoms with Crippen molar-refractivity contribution < 1.29 is 0 Å². The molecule has 0 aliphatic carbocycles. The van der Waals surface area contributed by atoms with E-state index in [0.717, 1.165) is 0 Å². The highest BCUT2D eigenvalue weighted by Gasteiger charge is 2.23. The summed E-state index contributed by atoms with van der Waals surface area (Å²) in [5, 5.41) is 1.34. The molecule has 1 aliphatic rings. The maximum atomic E-state index is 3.27. The molecule has 2 aromatic rings. The van der Waals surface area contributed by atoms with Crippen LogP contribution in [0.15, 0.2) is 30.5 Å². The molecule has 2 heterocycles. The lowest BCUT2D eigenvalue weighted by Gasteiger charge is -2.36. The number of hydrogen-bond donors (Lipinski definition) is 1. The number of benzene rings is 1. The lowest BCUT2D eigenvalue weighted by molar-refractivity contribution is 0.149. The third kappa shape index (κ3) is 2.17. The number of hydrogen-bond acceptors (Lipinski definition) is 1. The number of nitrogens with zero attached hydrogens (tertiary/aromatic N) is 1. The maximum absolute atomic E-state index is 3.27. The van der Waals surface area contributed by atoms with Gasteiger partial charge in [-0.15, -0.1) is 0 Å². The molecule has 1 aliphatic heterocycles. The summed E-state index contributed by atoms with van der Waals surface area (Å²) in [6.07, 6.45) is 7.33. The van der Waals surface area contributed by atoms with Gasteiger partial charge in [0.2, 0.25) is 0 Å². The van der Waals surface area contributed by atoms with E-state index >= 15 is 0 Å². The minimum absolute atomic E-state index is 0.637. The zero-order chi connectivity index (χ0) is 12.4. The van der Waals surface area contributed by atoms with Crippen LogP contribution in [0.25, 0.3) is 10.9 Å². The molecule has 0 spiro atoms. The molecule has 2 nitrogen and oxygen atoms in total. The molecule has 0 saturated carbocycles. The van der Waals surface area contributed by atoms with Crippen molar-refractivity contribution >= 4 is 10.9 Å². The summed E-state index contributed by atoms with van der Waals surface area (Å²) in [4.78, 5) is 5.94. The van der Waals surface area contributed by atoms with E-state index in [-0.39, 0.29) is 0 Å². The van der Waals surface area contributed by atoms with E-state index in [0.29, 0.717) is 6.04 Å². The van der Waals surface area contributed by atoms with Crippen LogP contribution in [0.3, 0.4) is 0 Å². The van der Waals surface area contributed by atoms with Gasteiger partial charge in [0, 0.05) is 17.8 Å². The van der Waals surface area contributed by atoms with Crippen LogP contribution in [0.4, 0.5) is 0 Å². The summed E-state index contributed by atoms with van der Waals surface area (Å²) < 4.78 is 0. The minimum Gasteiger partial charge on any atom is -0.361 e. The second kappa shape index (κ2) is 5.15. The first-order chi connectivity index (χ1) is 8.88. The van der Waals surface area contributed by atoms with Crippen LogP contribution in [0.1, 0.15) is 44.2 Å². The molecule has 96 valence electrons. The Kier molecular flexibility index (Phi) is 3.37. The molecule has 18 heavy (non-hydrogen) atoms. The average Bonchev–Trinajstić information content (AvgIpc) is 2.87. The molecule has 1 aromatic carbocycles. The summed E-state index contributed by atoms with van der Waals surface area (Å²) in [5.74, 6) is 0. The number of nitrogens with one attached hydrogen (secondary N) is 1. The Morgan fingerprint density at radius 3 is 3.11 bits per heavy atom. The Balaban J connectivity index is 1.90. The van der Waals surface area contributed by atoms with Gasteiger partial charge in [0.05, 0.1) is 0 Å². The van der Waals surface area contributed by atoms with Gasteiger partial charge in [-0.25, -0.2) is 0 Å². The molecule has 1 atom stereocenters. The van der Waals surface area contributed by atoms with Crippen molar-refractivity contribution in [1.82, 2.24) is 9.88 Å². The molecular weight excluding hydrogens is 220 g/mol. The second-order valence-electron chi connectivity index (χ2n) is 5.37. The molecule has 1 fully saturated rings. The van der Waals surface area contributed by atoms with Crippen LogP contribution >= 0.6 is 0 Å². The van der Waals surface area contributed by atoms with E-state index in [1.165, 1.54) is 55.2 Å². The Bertz CT molecular complexity index is 513. The van der Waals surface area contributed by atoms with E-state index in [1.54, 1.807) is 0 Å². The normalized spacial score (nSPS) is 21.5. The fourth-order valence-electron chi connectivity index (χ4n) is 3.20.